The summed E-state index contributed by atoms with van der Waals surface area (Å²) >= 11 is 0. The first-order valence-corrected chi connectivity index (χ1v) is 6.19. The number of aromatic nitrogens is 1. The molecule has 3 aromatic rings. The van der Waals surface area contributed by atoms with Crippen molar-refractivity contribution in [1.29, 1.82) is 0 Å². The Morgan fingerprint density at radius 2 is 1.80 bits per heavy atom. The van der Waals surface area contributed by atoms with E-state index < -0.39 is 6.09 Å². The Morgan fingerprint density at radius 3 is 2.45 bits per heavy atom. The van der Waals surface area contributed by atoms with Gasteiger partial charge in [0.2, 0.25) is 0 Å². The van der Waals surface area contributed by atoms with Gasteiger partial charge in [0.25, 0.3) is 0 Å². The van der Waals surface area contributed by atoms with Crippen molar-refractivity contribution in [3.63, 3.8) is 0 Å². The van der Waals surface area contributed by atoms with E-state index in [9.17, 15) is 9.90 Å². The van der Waals surface area contributed by atoms with Crippen molar-refractivity contribution in [3.05, 3.63) is 54.6 Å². The summed E-state index contributed by atoms with van der Waals surface area (Å²) < 4.78 is 6.42. The van der Waals surface area contributed by atoms with Gasteiger partial charge in [-0.25, -0.2) is 9.36 Å². The zero-order valence-corrected chi connectivity index (χ0v) is 10.9. The fourth-order valence-corrected chi connectivity index (χ4v) is 2.34. The molecular formula is C16H13NO3. The lowest BCUT2D eigenvalue weighted by Gasteiger charge is -2.06. The molecule has 0 spiro atoms. The van der Waals surface area contributed by atoms with Crippen molar-refractivity contribution in [1.82, 2.24) is 4.57 Å². The minimum atomic E-state index is -0.989. The highest BCUT2D eigenvalue weighted by atomic mass is 16.5. The molecule has 100 valence electrons. The van der Waals surface area contributed by atoms with Crippen LogP contribution in [0.3, 0.4) is 0 Å². The van der Waals surface area contributed by atoms with Crippen LogP contribution in [0.15, 0.2) is 54.6 Å². The van der Waals surface area contributed by atoms with E-state index in [4.69, 9.17) is 4.74 Å². The van der Waals surface area contributed by atoms with Crippen LogP contribution < -0.4 is 4.74 Å². The van der Waals surface area contributed by atoms with E-state index in [1.54, 1.807) is 13.2 Å². The second-order valence-electron chi connectivity index (χ2n) is 4.43. The van der Waals surface area contributed by atoms with E-state index in [0.717, 1.165) is 16.7 Å². The molecule has 0 saturated heterocycles. The Balaban J connectivity index is 2.23. The van der Waals surface area contributed by atoms with Gasteiger partial charge >= 0.3 is 6.09 Å². The molecule has 1 aromatic heterocycles. The molecule has 3 rings (SSSR count). The number of methoxy groups -OCH3 is 1. The first kappa shape index (κ1) is 12.3. The normalized spacial score (nSPS) is 10.7. The number of carboxylic acid groups (broad SMARTS) is 1. The van der Waals surface area contributed by atoms with Crippen LogP contribution in [0.2, 0.25) is 0 Å². The van der Waals surface area contributed by atoms with Gasteiger partial charge in [0.1, 0.15) is 5.75 Å². The number of carbonyl (C=O) groups is 1. The summed E-state index contributed by atoms with van der Waals surface area (Å²) in [5, 5.41) is 10.4. The average molecular weight is 267 g/mol. The Hall–Kier alpha value is -2.75. The van der Waals surface area contributed by atoms with Crippen LogP contribution in [0.25, 0.3) is 22.2 Å². The van der Waals surface area contributed by atoms with Crippen molar-refractivity contribution in [2.45, 2.75) is 0 Å². The Kier molecular flexibility index (Phi) is 2.91. The first-order chi connectivity index (χ1) is 9.70. The molecule has 0 radical (unpaired) electrons. The van der Waals surface area contributed by atoms with Gasteiger partial charge in [-0.15, -0.1) is 0 Å². The van der Waals surface area contributed by atoms with Crippen LogP contribution in [-0.2, 0) is 0 Å². The van der Waals surface area contributed by atoms with Crippen LogP contribution in [-0.4, -0.2) is 22.9 Å². The predicted molar refractivity (Wildman–Crippen MR) is 77.3 cm³/mol. The van der Waals surface area contributed by atoms with Gasteiger partial charge in [-0.2, -0.15) is 0 Å². The van der Waals surface area contributed by atoms with Crippen LogP contribution in [0.1, 0.15) is 0 Å². The lowest BCUT2D eigenvalue weighted by atomic mass is 10.1. The molecule has 2 aromatic carbocycles. The quantitative estimate of drug-likeness (QED) is 0.767. The molecule has 0 aliphatic rings. The molecule has 4 heteroatoms. The Labute approximate surface area is 115 Å². The molecule has 0 amide bonds. The second-order valence-corrected chi connectivity index (χ2v) is 4.43. The Bertz CT molecular complexity index is 772. The maximum Gasteiger partial charge on any atom is 0.416 e. The largest absolute Gasteiger partial charge is 0.497 e. The molecule has 0 atom stereocenters. The van der Waals surface area contributed by atoms with Gasteiger partial charge in [-0.05, 0) is 42.0 Å². The summed E-state index contributed by atoms with van der Waals surface area (Å²) in [5.74, 6) is 0.742. The van der Waals surface area contributed by atoms with Gasteiger partial charge in [0, 0.05) is 5.39 Å². The van der Waals surface area contributed by atoms with E-state index in [2.05, 4.69) is 0 Å². The monoisotopic (exact) mass is 267 g/mol. The lowest BCUT2D eigenvalue weighted by molar-refractivity contribution is 0.198. The molecule has 0 saturated carbocycles. The minimum absolute atomic E-state index is 0.654. The molecule has 1 N–H and O–H groups in total. The van der Waals surface area contributed by atoms with Gasteiger partial charge in [-0.1, -0.05) is 18.2 Å². The van der Waals surface area contributed by atoms with Gasteiger partial charge in [0.15, 0.2) is 0 Å². The number of ether oxygens (including phenoxy) is 1. The smallest absolute Gasteiger partial charge is 0.416 e. The number of para-hydroxylation sites is 1. The average Bonchev–Trinajstić information content (AvgIpc) is 2.86. The molecule has 0 aliphatic heterocycles. The van der Waals surface area contributed by atoms with E-state index in [1.165, 1.54) is 4.57 Å². The standard InChI is InChI=1S/C16H13NO3/c1-20-13-8-6-11(7-9-13)15-10-12-4-2-3-5-14(12)17(15)16(18)19/h2-10H,1H3,(H,18,19). The van der Waals surface area contributed by atoms with Crippen LogP contribution in [0, 0.1) is 0 Å². The maximum absolute atomic E-state index is 11.5. The number of rotatable bonds is 2. The molecular weight excluding hydrogens is 254 g/mol. The number of hydrogen-bond donors (Lipinski definition) is 1. The summed E-state index contributed by atoms with van der Waals surface area (Å²) in [6, 6.07) is 16.7. The topological polar surface area (TPSA) is 51.5 Å². The Morgan fingerprint density at radius 1 is 1.10 bits per heavy atom. The van der Waals surface area contributed by atoms with Gasteiger partial charge in [0.05, 0.1) is 18.3 Å². The zero-order valence-electron chi connectivity index (χ0n) is 10.9. The van der Waals surface area contributed by atoms with Crippen molar-refractivity contribution in [2.75, 3.05) is 7.11 Å². The second kappa shape index (κ2) is 4.74. The highest BCUT2D eigenvalue weighted by Gasteiger charge is 2.15. The number of hydrogen-bond acceptors (Lipinski definition) is 2. The van der Waals surface area contributed by atoms with Crippen molar-refractivity contribution >= 4 is 17.0 Å². The van der Waals surface area contributed by atoms with Crippen LogP contribution in [0.4, 0.5) is 4.79 Å². The summed E-state index contributed by atoms with van der Waals surface area (Å²) in [5.41, 5.74) is 2.18. The van der Waals surface area contributed by atoms with E-state index in [-0.39, 0.29) is 0 Å². The molecule has 0 unspecified atom stereocenters. The highest BCUT2D eigenvalue weighted by Crippen LogP contribution is 2.29. The number of nitrogens with zero attached hydrogens (tertiary/aromatic N) is 1. The third-order valence-corrected chi connectivity index (χ3v) is 3.29. The lowest BCUT2D eigenvalue weighted by Crippen LogP contribution is -2.08. The van der Waals surface area contributed by atoms with Crippen molar-refractivity contribution in [2.24, 2.45) is 0 Å². The summed E-state index contributed by atoms with van der Waals surface area (Å²) in [4.78, 5) is 11.5. The van der Waals surface area contributed by atoms with Crippen LogP contribution >= 0.6 is 0 Å². The SMILES string of the molecule is COc1ccc(-c2cc3ccccc3n2C(=O)O)cc1. The van der Waals surface area contributed by atoms with E-state index in [1.807, 2.05) is 48.5 Å². The molecule has 20 heavy (non-hydrogen) atoms. The molecule has 0 aliphatic carbocycles. The zero-order chi connectivity index (χ0) is 14.1. The fraction of sp³-hybridized carbons (Fsp3) is 0.0625. The van der Waals surface area contributed by atoms with Crippen molar-refractivity contribution in [3.8, 4) is 17.0 Å². The number of fused-ring (bicyclic) bond motifs is 1. The van der Waals surface area contributed by atoms with Gasteiger partial charge < -0.3 is 9.84 Å². The highest BCUT2D eigenvalue weighted by molar-refractivity contribution is 5.95. The predicted octanol–water partition coefficient (Wildman–Crippen LogP) is 3.84. The molecule has 0 fully saturated rings. The molecule has 1 heterocycles. The molecule has 4 nitrogen and oxygen atoms in total. The third-order valence-electron chi connectivity index (χ3n) is 3.29. The van der Waals surface area contributed by atoms with E-state index >= 15 is 0 Å². The minimum Gasteiger partial charge on any atom is -0.497 e. The first-order valence-electron chi connectivity index (χ1n) is 6.19. The van der Waals surface area contributed by atoms with E-state index in [0.29, 0.717) is 11.2 Å². The van der Waals surface area contributed by atoms with Gasteiger partial charge in [-0.3, -0.25) is 0 Å². The summed E-state index contributed by atoms with van der Waals surface area (Å²) in [6.07, 6.45) is -0.989. The fourth-order valence-electron chi connectivity index (χ4n) is 2.34. The summed E-state index contributed by atoms with van der Waals surface area (Å²) in [7, 11) is 1.60. The van der Waals surface area contributed by atoms with Crippen molar-refractivity contribution < 1.29 is 14.6 Å². The third kappa shape index (κ3) is 1.91. The number of benzene rings is 2. The molecule has 0 bridgehead atoms. The van der Waals surface area contributed by atoms with Crippen LogP contribution in [0.5, 0.6) is 5.75 Å². The maximum atomic E-state index is 11.5. The summed E-state index contributed by atoms with van der Waals surface area (Å²) in [6.45, 7) is 0.